The van der Waals surface area contributed by atoms with E-state index in [2.05, 4.69) is 13.8 Å². The molecule has 0 unspecified atom stereocenters. The molecule has 2 aromatic rings. The minimum atomic E-state index is -0.498. The third-order valence-electron chi connectivity index (χ3n) is 5.51. The first-order valence-electron chi connectivity index (χ1n) is 10.5. The third kappa shape index (κ3) is 4.85. The molecule has 0 aliphatic carbocycles. The number of amides is 1. The number of carbonyl (C=O) groups is 2. The highest BCUT2D eigenvalue weighted by molar-refractivity contribution is 7.80. The van der Waals surface area contributed by atoms with Crippen molar-refractivity contribution < 1.29 is 23.8 Å². The zero-order valence-corrected chi connectivity index (χ0v) is 20.5. The molecule has 7 nitrogen and oxygen atoms in total. The fourth-order valence-corrected chi connectivity index (χ4v) is 3.98. The molecular weight excluding hydrogens is 440 g/mol. The first-order valence-corrected chi connectivity index (χ1v) is 10.9. The van der Waals surface area contributed by atoms with Gasteiger partial charge in [0.2, 0.25) is 0 Å². The summed E-state index contributed by atoms with van der Waals surface area (Å²) in [7, 11) is 4.52. The molecule has 0 saturated carbocycles. The second kappa shape index (κ2) is 10.0. The highest BCUT2D eigenvalue weighted by Gasteiger charge is 2.40. The number of carbonyl (C=O) groups excluding carboxylic acids is 2. The Morgan fingerprint density at radius 3 is 2.30 bits per heavy atom. The van der Waals surface area contributed by atoms with Crippen LogP contribution in [0, 0.1) is 6.92 Å². The van der Waals surface area contributed by atoms with Gasteiger partial charge in [0.25, 0.3) is 5.91 Å². The molecule has 0 bridgehead atoms. The second-order valence-electron chi connectivity index (χ2n) is 7.92. The number of hydrogen-bond acceptors (Lipinski definition) is 6. The maximum atomic E-state index is 13.5. The van der Waals surface area contributed by atoms with E-state index in [4.69, 9.17) is 26.4 Å². The average Bonchev–Trinajstić information content (AvgIpc) is 3.03. The van der Waals surface area contributed by atoms with Crippen LogP contribution >= 0.6 is 12.2 Å². The first kappa shape index (κ1) is 24.3. The van der Waals surface area contributed by atoms with E-state index in [0.717, 1.165) is 22.4 Å². The van der Waals surface area contributed by atoms with E-state index < -0.39 is 5.97 Å². The minimum absolute atomic E-state index is 0.175. The van der Waals surface area contributed by atoms with Gasteiger partial charge in [0.15, 0.2) is 5.11 Å². The lowest BCUT2D eigenvalue weighted by atomic mass is 9.96. The van der Waals surface area contributed by atoms with Crippen molar-refractivity contribution in [1.29, 1.82) is 0 Å². The van der Waals surface area contributed by atoms with Gasteiger partial charge in [-0.25, -0.2) is 0 Å². The Morgan fingerprint density at radius 1 is 1.09 bits per heavy atom. The van der Waals surface area contributed by atoms with Crippen molar-refractivity contribution in [3.05, 3.63) is 58.8 Å². The summed E-state index contributed by atoms with van der Waals surface area (Å²) in [4.78, 5) is 28.6. The van der Waals surface area contributed by atoms with Crippen molar-refractivity contribution in [3.63, 3.8) is 0 Å². The lowest BCUT2D eigenvalue weighted by Gasteiger charge is -2.19. The molecule has 1 aliphatic rings. The normalized spacial score (nSPS) is 14.9. The van der Waals surface area contributed by atoms with Crippen LogP contribution in [0.4, 0.5) is 5.69 Å². The van der Waals surface area contributed by atoms with Crippen molar-refractivity contribution in [2.75, 3.05) is 32.8 Å². The summed E-state index contributed by atoms with van der Waals surface area (Å²) >= 11 is 5.61. The largest absolute Gasteiger partial charge is 0.497 e. The van der Waals surface area contributed by atoms with Gasteiger partial charge in [-0.15, -0.1) is 0 Å². The Hall–Kier alpha value is -3.39. The number of hydrogen-bond donors (Lipinski definition) is 0. The average molecular weight is 469 g/mol. The molecule has 1 fully saturated rings. The zero-order valence-electron chi connectivity index (χ0n) is 19.7. The predicted octanol–water partition coefficient (Wildman–Crippen LogP) is 4.28. The van der Waals surface area contributed by atoms with Crippen LogP contribution in [0.1, 0.15) is 36.5 Å². The quantitative estimate of drug-likeness (QED) is 0.341. The fourth-order valence-electron chi connectivity index (χ4n) is 3.63. The zero-order chi connectivity index (χ0) is 24.3. The van der Waals surface area contributed by atoms with E-state index >= 15 is 0 Å². The van der Waals surface area contributed by atoms with E-state index in [-0.39, 0.29) is 23.5 Å². The number of ether oxygens (including phenoxy) is 3. The summed E-state index contributed by atoms with van der Waals surface area (Å²) in [5.41, 5.74) is 3.68. The second-order valence-corrected chi connectivity index (χ2v) is 8.28. The van der Waals surface area contributed by atoms with Gasteiger partial charge in [-0.3, -0.25) is 14.5 Å². The number of methoxy groups -OCH3 is 3. The Labute approximate surface area is 199 Å². The molecule has 1 saturated heterocycles. The van der Waals surface area contributed by atoms with Crippen molar-refractivity contribution >= 4 is 41.0 Å². The van der Waals surface area contributed by atoms with Gasteiger partial charge in [0.05, 0.1) is 27.0 Å². The summed E-state index contributed by atoms with van der Waals surface area (Å²) in [6, 6.07) is 11.0. The number of anilines is 1. The van der Waals surface area contributed by atoms with Gasteiger partial charge < -0.3 is 19.1 Å². The molecule has 1 amide bonds. The van der Waals surface area contributed by atoms with Gasteiger partial charge in [-0.1, -0.05) is 13.8 Å². The molecular formula is C25H28N2O5S. The summed E-state index contributed by atoms with van der Waals surface area (Å²) in [6.07, 6.45) is 1.77. The first-order chi connectivity index (χ1) is 15.7. The maximum absolute atomic E-state index is 13.5. The molecule has 1 aliphatic heterocycles. The Balaban J connectivity index is 2.11. The van der Waals surface area contributed by atoms with Crippen LogP contribution < -0.4 is 14.4 Å². The maximum Gasteiger partial charge on any atom is 0.325 e. The minimum Gasteiger partial charge on any atom is -0.497 e. The number of aryl methyl sites for hydroxylation is 1. The molecule has 0 radical (unpaired) electrons. The number of thiocarbonyl (C=S) groups is 1. The Bertz CT molecular complexity index is 1110. The molecule has 3 rings (SSSR count). The molecule has 2 aromatic carbocycles. The topological polar surface area (TPSA) is 68.3 Å². The van der Waals surface area contributed by atoms with Crippen LogP contribution in [-0.2, 0) is 14.3 Å². The highest BCUT2D eigenvalue weighted by Crippen LogP contribution is 2.34. The van der Waals surface area contributed by atoms with Crippen LogP contribution in [0.15, 0.2) is 42.1 Å². The summed E-state index contributed by atoms with van der Waals surface area (Å²) in [6.45, 7) is 5.93. The van der Waals surface area contributed by atoms with Crippen LogP contribution in [0.25, 0.3) is 6.08 Å². The number of esters is 1. The monoisotopic (exact) mass is 468 g/mol. The standard InChI is InChI=1S/C25H28N2O5S/c1-15(2)20-12-17(16(3)11-22(20)31-5)13-21-24(29)27(18-7-9-19(30-4)10-8-18)25(33)26(21)14-23(28)32-6/h7-13,15H,14H2,1-6H3/b21-13-. The van der Waals surface area contributed by atoms with Gasteiger partial charge in [0, 0.05) is 0 Å². The molecule has 0 N–H and O–H groups in total. The van der Waals surface area contributed by atoms with Gasteiger partial charge >= 0.3 is 5.97 Å². The molecule has 8 heteroatoms. The van der Waals surface area contributed by atoms with Crippen molar-refractivity contribution in [1.82, 2.24) is 4.90 Å². The summed E-state index contributed by atoms with van der Waals surface area (Å²) in [5, 5.41) is 0.206. The molecule has 174 valence electrons. The molecule has 1 heterocycles. The van der Waals surface area contributed by atoms with E-state index in [0.29, 0.717) is 17.1 Å². The van der Waals surface area contributed by atoms with E-state index in [1.807, 2.05) is 19.1 Å². The van der Waals surface area contributed by atoms with Crippen LogP contribution in [0.5, 0.6) is 11.5 Å². The lowest BCUT2D eigenvalue weighted by Crippen LogP contribution is -2.35. The van der Waals surface area contributed by atoms with E-state index in [1.165, 1.54) is 16.9 Å². The number of benzene rings is 2. The number of rotatable bonds is 7. The SMILES string of the molecule is COC(=O)CN1C(=S)N(c2ccc(OC)cc2)C(=O)/C1=C/c1cc(C(C)C)c(OC)cc1C. The third-order valence-corrected chi connectivity index (χ3v) is 5.92. The van der Waals surface area contributed by atoms with E-state index in [9.17, 15) is 9.59 Å². The lowest BCUT2D eigenvalue weighted by molar-refractivity contribution is -0.140. The van der Waals surface area contributed by atoms with Crippen LogP contribution in [-0.4, -0.2) is 49.8 Å². The molecule has 33 heavy (non-hydrogen) atoms. The van der Waals surface area contributed by atoms with Crippen molar-refractivity contribution in [2.45, 2.75) is 26.7 Å². The van der Waals surface area contributed by atoms with Crippen LogP contribution in [0.2, 0.25) is 0 Å². The molecule has 0 aromatic heterocycles. The van der Waals surface area contributed by atoms with E-state index in [1.54, 1.807) is 44.6 Å². The fraction of sp³-hybridized carbons (Fsp3) is 0.320. The molecule has 0 spiro atoms. The Kier molecular flexibility index (Phi) is 7.38. The van der Waals surface area contributed by atoms with Gasteiger partial charge in [-0.05, 0) is 84.2 Å². The molecule has 0 atom stereocenters. The van der Waals surface area contributed by atoms with Gasteiger partial charge in [0.1, 0.15) is 23.7 Å². The smallest absolute Gasteiger partial charge is 0.325 e. The van der Waals surface area contributed by atoms with Crippen molar-refractivity contribution in [3.8, 4) is 11.5 Å². The van der Waals surface area contributed by atoms with Crippen LogP contribution in [0.3, 0.4) is 0 Å². The highest BCUT2D eigenvalue weighted by atomic mass is 32.1. The van der Waals surface area contributed by atoms with Crippen molar-refractivity contribution in [2.24, 2.45) is 0 Å². The summed E-state index contributed by atoms with van der Waals surface area (Å²) < 4.78 is 15.6. The predicted molar refractivity (Wildman–Crippen MR) is 132 cm³/mol. The Morgan fingerprint density at radius 2 is 1.76 bits per heavy atom. The number of nitrogens with zero attached hydrogens (tertiary/aromatic N) is 2. The van der Waals surface area contributed by atoms with Gasteiger partial charge in [-0.2, -0.15) is 0 Å². The summed E-state index contributed by atoms with van der Waals surface area (Å²) in [5.74, 6) is 0.857.